The first-order valence-corrected chi connectivity index (χ1v) is 13.3. The summed E-state index contributed by atoms with van der Waals surface area (Å²) in [6.07, 6.45) is 4.56. The molecule has 0 aliphatic carbocycles. The molecule has 1 amide bonds. The van der Waals surface area contributed by atoms with Crippen LogP contribution in [0.4, 0.5) is 17.5 Å². The minimum atomic E-state index is -0.0674. The molecule has 0 bridgehead atoms. The summed E-state index contributed by atoms with van der Waals surface area (Å²) >= 11 is 0. The number of ether oxygens (including phenoxy) is 1. The van der Waals surface area contributed by atoms with Crippen LogP contribution in [0.25, 0.3) is 22.1 Å². The molecular weight excluding hydrogens is 520 g/mol. The van der Waals surface area contributed by atoms with Gasteiger partial charge >= 0.3 is 0 Å². The molecule has 12 nitrogen and oxygen atoms in total. The third kappa shape index (κ3) is 4.99. The molecule has 2 atom stereocenters. The summed E-state index contributed by atoms with van der Waals surface area (Å²) in [6.45, 7) is 10.9. The van der Waals surface area contributed by atoms with E-state index in [1.54, 1.807) is 10.9 Å². The van der Waals surface area contributed by atoms with Crippen molar-refractivity contribution in [2.24, 2.45) is 7.05 Å². The molecule has 2 aromatic carbocycles. The second kappa shape index (κ2) is 10.5. The second-order valence-electron chi connectivity index (χ2n) is 10.2. The summed E-state index contributed by atoms with van der Waals surface area (Å²) in [7, 11) is 1.86. The highest BCUT2D eigenvalue weighted by atomic mass is 16.5. The standard InChI is InChI=1S/C29H30N10O2/c1-6-26(40)39-18(3)14-38(15-19(39)4)29-30-13-23-27(34-29)28(32-16-31-23)33-20-7-10-25(17(2)11-20)41-21-8-9-24-22(12-21)35-36-37(24)5/h6-13,16,18-19H,1,14-15H2,2-5H3,(H,31,32,33)/t18-,19-/m0/s1. The normalized spacial score (nSPS) is 17.2. The Morgan fingerprint density at radius 2 is 1.88 bits per heavy atom. The van der Waals surface area contributed by atoms with Crippen molar-refractivity contribution in [3.05, 3.63) is 67.1 Å². The molecule has 1 fully saturated rings. The van der Waals surface area contributed by atoms with Crippen molar-refractivity contribution in [3.8, 4) is 11.5 Å². The van der Waals surface area contributed by atoms with Gasteiger partial charge in [-0.2, -0.15) is 0 Å². The van der Waals surface area contributed by atoms with Crippen LogP contribution in [-0.2, 0) is 11.8 Å². The Balaban J connectivity index is 1.23. The number of carbonyl (C=O) groups excluding carboxylic acids is 1. The van der Waals surface area contributed by atoms with E-state index in [2.05, 4.69) is 42.1 Å². The summed E-state index contributed by atoms with van der Waals surface area (Å²) in [5, 5.41) is 11.6. The van der Waals surface area contributed by atoms with Gasteiger partial charge in [-0.1, -0.05) is 11.8 Å². The molecule has 3 aromatic heterocycles. The van der Waals surface area contributed by atoms with E-state index < -0.39 is 0 Å². The van der Waals surface area contributed by atoms with Crippen LogP contribution in [0.3, 0.4) is 0 Å². The highest BCUT2D eigenvalue weighted by molar-refractivity contribution is 5.88. The van der Waals surface area contributed by atoms with Gasteiger partial charge in [0.05, 0.1) is 11.7 Å². The number of aromatic nitrogens is 7. The highest BCUT2D eigenvalue weighted by Gasteiger charge is 2.33. The SMILES string of the molecule is C=CC(=O)N1[C@@H](C)CN(c2ncc3ncnc(Nc4ccc(Oc5ccc6c(c5)nnn6C)c(C)c4)c3n2)C[C@@H]1C. The van der Waals surface area contributed by atoms with E-state index in [0.29, 0.717) is 41.6 Å². The molecule has 0 spiro atoms. The lowest BCUT2D eigenvalue weighted by Crippen LogP contribution is -2.58. The summed E-state index contributed by atoms with van der Waals surface area (Å²) in [6, 6.07) is 11.5. The fraction of sp³-hybridized carbons (Fsp3) is 0.276. The van der Waals surface area contributed by atoms with Crippen molar-refractivity contribution in [3.63, 3.8) is 0 Å². The number of piperazine rings is 1. The third-order valence-corrected chi connectivity index (χ3v) is 7.24. The number of rotatable bonds is 6. The first-order valence-electron chi connectivity index (χ1n) is 13.3. The Kier molecular flexibility index (Phi) is 6.66. The number of carbonyl (C=O) groups is 1. The number of fused-ring (bicyclic) bond motifs is 2. The summed E-state index contributed by atoms with van der Waals surface area (Å²) in [5.74, 6) is 2.49. The van der Waals surface area contributed by atoms with Gasteiger partial charge in [0.1, 0.15) is 34.4 Å². The van der Waals surface area contributed by atoms with Crippen molar-refractivity contribution >= 4 is 45.4 Å². The predicted molar refractivity (Wildman–Crippen MR) is 156 cm³/mol. The van der Waals surface area contributed by atoms with Crippen LogP contribution < -0.4 is 15.0 Å². The first kappa shape index (κ1) is 26.1. The Bertz CT molecular complexity index is 1770. The molecule has 12 heteroatoms. The highest BCUT2D eigenvalue weighted by Crippen LogP contribution is 2.31. The van der Waals surface area contributed by atoms with E-state index in [1.807, 2.05) is 69.1 Å². The lowest BCUT2D eigenvalue weighted by molar-refractivity contribution is -0.130. The van der Waals surface area contributed by atoms with Crippen molar-refractivity contribution in [1.82, 2.24) is 39.8 Å². The molecular formula is C29H30N10O2. The largest absolute Gasteiger partial charge is 0.457 e. The van der Waals surface area contributed by atoms with Gasteiger partial charge in [0.2, 0.25) is 11.9 Å². The zero-order valence-electron chi connectivity index (χ0n) is 23.3. The number of nitrogens with zero attached hydrogens (tertiary/aromatic N) is 9. The van der Waals surface area contributed by atoms with Crippen molar-refractivity contribution < 1.29 is 9.53 Å². The Morgan fingerprint density at radius 3 is 2.63 bits per heavy atom. The molecule has 6 rings (SSSR count). The molecule has 1 saturated heterocycles. The number of hydrogen-bond donors (Lipinski definition) is 1. The molecule has 208 valence electrons. The van der Waals surface area contributed by atoms with Gasteiger partial charge in [-0.3, -0.25) is 4.79 Å². The zero-order chi connectivity index (χ0) is 28.7. The minimum Gasteiger partial charge on any atom is -0.457 e. The number of nitrogens with one attached hydrogen (secondary N) is 1. The maximum absolute atomic E-state index is 12.3. The zero-order valence-corrected chi connectivity index (χ0v) is 23.3. The maximum Gasteiger partial charge on any atom is 0.246 e. The molecule has 5 aromatic rings. The van der Waals surface area contributed by atoms with Crippen molar-refractivity contribution in [2.75, 3.05) is 23.3 Å². The molecule has 1 aliphatic rings. The lowest BCUT2D eigenvalue weighted by Gasteiger charge is -2.44. The minimum absolute atomic E-state index is 0.0144. The monoisotopic (exact) mass is 550 g/mol. The van der Waals surface area contributed by atoms with Crippen LogP contribution in [0.15, 0.2) is 61.6 Å². The topological polar surface area (TPSA) is 127 Å². The number of benzene rings is 2. The van der Waals surface area contributed by atoms with E-state index in [4.69, 9.17) is 9.72 Å². The van der Waals surface area contributed by atoms with E-state index in [1.165, 1.54) is 12.4 Å². The molecule has 0 radical (unpaired) electrons. The van der Waals surface area contributed by atoms with Crippen molar-refractivity contribution in [1.29, 1.82) is 0 Å². The maximum atomic E-state index is 12.3. The average Bonchev–Trinajstić information content (AvgIpc) is 3.33. The van der Waals surface area contributed by atoms with Gasteiger partial charge in [0.25, 0.3) is 0 Å². The molecule has 1 N–H and O–H groups in total. The van der Waals surface area contributed by atoms with E-state index in [0.717, 1.165) is 28.0 Å². The number of aryl methyl sites for hydroxylation is 2. The van der Waals surface area contributed by atoms with Crippen LogP contribution in [0.1, 0.15) is 19.4 Å². The van der Waals surface area contributed by atoms with Crippen molar-refractivity contribution in [2.45, 2.75) is 32.9 Å². The molecule has 4 heterocycles. The Hall–Kier alpha value is -5.13. The van der Waals surface area contributed by atoms with Crippen LogP contribution in [0.2, 0.25) is 0 Å². The Labute approximate surface area is 236 Å². The van der Waals surface area contributed by atoms with Gasteiger partial charge in [-0.05, 0) is 62.7 Å². The summed E-state index contributed by atoms with van der Waals surface area (Å²) in [5.41, 5.74) is 4.72. The quantitative estimate of drug-likeness (QED) is 0.308. The third-order valence-electron chi connectivity index (χ3n) is 7.24. The van der Waals surface area contributed by atoms with Crippen LogP contribution in [0, 0.1) is 6.92 Å². The summed E-state index contributed by atoms with van der Waals surface area (Å²) < 4.78 is 7.87. The number of amides is 1. The molecule has 0 saturated carbocycles. The van der Waals surface area contributed by atoms with E-state index >= 15 is 0 Å². The van der Waals surface area contributed by atoms with Crippen LogP contribution >= 0.6 is 0 Å². The fourth-order valence-corrected chi connectivity index (χ4v) is 5.30. The van der Waals surface area contributed by atoms with Gasteiger partial charge in [0, 0.05) is 44.0 Å². The smallest absolute Gasteiger partial charge is 0.246 e. The molecule has 41 heavy (non-hydrogen) atoms. The molecule has 0 unspecified atom stereocenters. The van der Waals surface area contributed by atoms with Gasteiger partial charge in [-0.15, -0.1) is 5.10 Å². The van der Waals surface area contributed by atoms with Crippen LogP contribution in [0.5, 0.6) is 11.5 Å². The fourth-order valence-electron chi connectivity index (χ4n) is 5.30. The Morgan fingerprint density at radius 1 is 1.07 bits per heavy atom. The van der Waals surface area contributed by atoms with E-state index in [9.17, 15) is 4.79 Å². The van der Waals surface area contributed by atoms with E-state index in [-0.39, 0.29) is 18.0 Å². The number of anilines is 3. The predicted octanol–water partition coefficient (Wildman–Crippen LogP) is 4.16. The first-order chi connectivity index (χ1) is 19.8. The van der Waals surface area contributed by atoms with Gasteiger partial charge < -0.3 is 19.9 Å². The van der Waals surface area contributed by atoms with Gasteiger partial charge in [0.15, 0.2) is 5.82 Å². The lowest BCUT2D eigenvalue weighted by atomic mass is 10.1. The van der Waals surface area contributed by atoms with Gasteiger partial charge in [-0.25, -0.2) is 24.6 Å². The van der Waals surface area contributed by atoms with Crippen LogP contribution in [-0.4, -0.2) is 70.9 Å². The molecule has 1 aliphatic heterocycles. The number of hydrogen-bond acceptors (Lipinski definition) is 10. The second-order valence-corrected chi connectivity index (χ2v) is 10.2. The average molecular weight is 551 g/mol. The summed E-state index contributed by atoms with van der Waals surface area (Å²) in [4.78, 5) is 34.5.